The second-order valence-electron chi connectivity index (χ2n) is 6.09. The van der Waals surface area contributed by atoms with Gasteiger partial charge in [-0.05, 0) is 42.6 Å². The number of benzene rings is 2. The van der Waals surface area contributed by atoms with Crippen molar-refractivity contribution in [2.45, 2.75) is 19.4 Å². The van der Waals surface area contributed by atoms with Crippen molar-refractivity contribution in [3.63, 3.8) is 0 Å². The number of rotatable bonds is 4. The summed E-state index contributed by atoms with van der Waals surface area (Å²) in [5.41, 5.74) is 5.51. The van der Waals surface area contributed by atoms with Gasteiger partial charge in [-0.3, -0.25) is 14.9 Å². The zero-order valence-electron chi connectivity index (χ0n) is 13.1. The summed E-state index contributed by atoms with van der Waals surface area (Å²) in [6.45, 7) is 2.68. The molecule has 2 aromatic rings. The second kappa shape index (κ2) is 7.40. The van der Waals surface area contributed by atoms with Crippen LogP contribution in [0.1, 0.15) is 18.4 Å². The van der Waals surface area contributed by atoms with E-state index in [4.69, 9.17) is 5.21 Å². The first-order valence-corrected chi connectivity index (χ1v) is 8.07. The molecule has 2 aromatic carbocycles. The highest BCUT2D eigenvalue weighted by atomic mass is 16.5. The van der Waals surface area contributed by atoms with Gasteiger partial charge in [0.2, 0.25) is 5.91 Å². The summed E-state index contributed by atoms with van der Waals surface area (Å²) in [6.07, 6.45) is 1.60. The highest BCUT2D eigenvalue weighted by Gasteiger charge is 2.24. The predicted molar refractivity (Wildman–Crippen MR) is 89.8 cm³/mol. The molecular formula is C19H22N2O2. The van der Waals surface area contributed by atoms with Crippen LogP contribution in [0.15, 0.2) is 54.6 Å². The molecule has 0 spiro atoms. The van der Waals surface area contributed by atoms with Gasteiger partial charge in [0.25, 0.3) is 0 Å². The molecule has 2 N–H and O–H groups in total. The van der Waals surface area contributed by atoms with Crippen LogP contribution in [0.4, 0.5) is 0 Å². The molecule has 0 aliphatic carbocycles. The first-order valence-electron chi connectivity index (χ1n) is 8.07. The van der Waals surface area contributed by atoms with E-state index in [2.05, 4.69) is 53.4 Å². The summed E-state index contributed by atoms with van der Waals surface area (Å²) in [6, 6.07) is 19.0. The Morgan fingerprint density at radius 2 is 1.61 bits per heavy atom. The normalized spacial score (nSPS) is 16.2. The molecule has 0 aromatic heterocycles. The molecule has 1 fully saturated rings. The quantitative estimate of drug-likeness (QED) is 0.674. The van der Waals surface area contributed by atoms with Crippen molar-refractivity contribution in [1.82, 2.24) is 10.4 Å². The molecular weight excluding hydrogens is 288 g/mol. The molecule has 23 heavy (non-hydrogen) atoms. The van der Waals surface area contributed by atoms with Crippen LogP contribution < -0.4 is 5.48 Å². The molecule has 4 heteroatoms. The molecule has 1 aliphatic heterocycles. The van der Waals surface area contributed by atoms with Crippen molar-refractivity contribution >= 4 is 5.91 Å². The average molecular weight is 310 g/mol. The number of amides is 1. The predicted octanol–water partition coefficient (Wildman–Crippen LogP) is 3.07. The summed E-state index contributed by atoms with van der Waals surface area (Å²) in [4.78, 5) is 13.8. The van der Waals surface area contributed by atoms with Crippen molar-refractivity contribution in [1.29, 1.82) is 0 Å². The Kier molecular flexibility index (Phi) is 5.05. The zero-order valence-corrected chi connectivity index (χ0v) is 13.1. The number of carbonyl (C=O) groups excluding carboxylic acids is 1. The molecule has 1 amide bonds. The van der Waals surface area contributed by atoms with E-state index >= 15 is 0 Å². The largest absolute Gasteiger partial charge is 0.299 e. The van der Waals surface area contributed by atoms with E-state index in [-0.39, 0.29) is 11.8 Å². The van der Waals surface area contributed by atoms with E-state index in [1.165, 1.54) is 16.7 Å². The molecule has 0 bridgehead atoms. The highest BCUT2D eigenvalue weighted by molar-refractivity contribution is 5.77. The van der Waals surface area contributed by atoms with Gasteiger partial charge in [0.15, 0.2) is 0 Å². The maximum atomic E-state index is 11.4. The average Bonchev–Trinajstić information content (AvgIpc) is 2.63. The summed E-state index contributed by atoms with van der Waals surface area (Å²) < 4.78 is 0. The number of likely N-dealkylation sites (tertiary alicyclic amines) is 1. The van der Waals surface area contributed by atoms with Gasteiger partial charge in [0, 0.05) is 12.5 Å². The molecule has 4 nitrogen and oxygen atoms in total. The minimum atomic E-state index is -0.253. The first-order chi connectivity index (χ1) is 11.3. The van der Waals surface area contributed by atoms with E-state index in [9.17, 15) is 4.79 Å². The van der Waals surface area contributed by atoms with E-state index in [1.807, 2.05) is 6.07 Å². The van der Waals surface area contributed by atoms with Crippen LogP contribution in [0.5, 0.6) is 0 Å². The van der Waals surface area contributed by atoms with Gasteiger partial charge in [0.05, 0.1) is 0 Å². The smallest absolute Gasteiger partial charge is 0.246 e. The van der Waals surface area contributed by atoms with Crippen LogP contribution in [0, 0.1) is 5.92 Å². The lowest BCUT2D eigenvalue weighted by Crippen LogP contribution is -2.39. The van der Waals surface area contributed by atoms with E-state index in [1.54, 1.807) is 5.48 Å². The fourth-order valence-electron chi connectivity index (χ4n) is 3.14. The summed E-state index contributed by atoms with van der Waals surface area (Å²) in [7, 11) is 0. The first kappa shape index (κ1) is 15.7. The van der Waals surface area contributed by atoms with Gasteiger partial charge < -0.3 is 0 Å². The number of nitrogens with zero attached hydrogens (tertiary/aromatic N) is 1. The van der Waals surface area contributed by atoms with Crippen LogP contribution >= 0.6 is 0 Å². The maximum Gasteiger partial charge on any atom is 0.246 e. The van der Waals surface area contributed by atoms with Crippen LogP contribution in [0.2, 0.25) is 0 Å². The van der Waals surface area contributed by atoms with Crippen molar-refractivity contribution in [3.05, 3.63) is 60.2 Å². The standard InChI is InChI=1S/C19H22N2O2/c22-19(20-23)18-10-12-21(13-11-18)14-15-6-8-17(9-7-15)16-4-2-1-3-5-16/h1-9,18,23H,10-14H2,(H,20,22). The number of hydroxylamine groups is 1. The van der Waals surface area contributed by atoms with Gasteiger partial charge in [-0.25, -0.2) is 5.48 Å². The van der Waals surface area contributed by atoms with Gasteiger partial charge >= 0.3 is 0 Å². The Morgan fingerprint density at radius 1 is 1.00 bits per heavy atom. The lowest BCUT2D eigenvalue weighted by molar-refractivity contribution is -0.134. The van der Waals surface area contributed by atoms with Crippen LogP contribution in [-0.4, -0.2) is 29.1 Å². The summed E-state index contributed by atoms with van der Waals surface area (Å²) in [5, 5.41) is 8.69. The topological polar surface area (TPSA) is 52.6 Å². The second-order valence-corrected chi connectivity index (χ2v) is 6.09. The third kappa shape index (κ3) is 3.97. The maximum absolute atomic E-state index is 11.4. The van der Waals surface area contributed by atoms with Crippen LogP contribution in [-0.2, 0) is 11.3 Å². The fraction of sp³-hybridized carbons (Fsp3) is 0.316. The molecule has 1 heterocycles. The Hall–Kier alpha value is -2.17. The fourth-order valence-corrected chi connectivity index (χ4v) is 3.14. The van der Waals surface area contributed by atoms with Crippen LogP contribution in [0.3, 0.4) is 0 Å². The monoisotopic (exact) mass is 310 g/mol. The van der Waals surface area contributed by atoms with Gasteiger partial charge in [-0.2, -0.15) is 0 Å². The molecule has 0 atom stereocenters. The third-order valence-electron chi connectivity index (χ3n) is 4.54. The number of carbonyl (C=O) groups is 1. The summed E-state index contributed by atoms with van der Waals surface area (Å²) >= 11 is 0. The van der Waals surface area contributed by atoms with E-state index in [0.717, 1.165) is 32.5 Å². The Labute approximate surface area is 136 Å². The lowest BCUT2D eigenvalue weighted by Gasteiger charge is -2.30. The Balaban J connectivity index is 1.56. The zero-order chi connectivity index (χ0) is 16.1. The Morgan fingerprint density at radius 3 is 2.22 bits per heavy atom. The molecule has 1 saturated heterocycles. The SMILES string of the molecule is O=C(NO)C1CCN(Cc2ccc(-c3ccccc3)cc2)CC1. The minimum absolute atomic E-state index is 0.0586. The van der Waals surface area contributed by atoms with Crippen molar-refractivity contribution in [2.24, 2.45) is 5.92 Å². The van der Waals surface area contributed by atoms with Crippen molar-refractivity contribution in [2.75, 3.05) is 13.1 Å². The number of nitrogens with one attached hydrogen (secondary N) is 1. The number of hydrogen-bond acceptors (Lipinski definition) is 3. The van der Waals surface area contributed by atoms with E-state index in [0.29, 0.717) is 0 Å². The molecule has 0 saturated carbocycles. The van der Waals surface area contributed by atoms with Crippen molar-refractivity contribution < 1.29 is 10.0 Å². The Bertz CT molecular complexity index is 632. The minimum Gasteiger partial charge on any atom is -0.299 e. The van der Waals surface area contributed by atoms with Crippen molar-refractivity contribution in [3.8, 4) is 11.1 Å². The van der Waals surface area contributed by atoms with Crippen LogP contribution in [0.25, 0.3) is 11.1 Å². The third-order valence-corrected chi connectivity index (χ3v) is 4.54. The molecule has 3 rings (SSSR count). The van der Waals surface area contributed by atoms with E-state index < -0.39 is 0 Å². The number of piperidine rings is 1. The van der Waals surface area contributed by atoms with Gasteiger partial charge in [-0.1, -0.05) is 54.6 Å². The summed E-state index contributed by atoms with van der Waals surface area (Å²) in [5.74, 6) is -0.312. The molecule has 120 valence electrons. The number of hydrogen-bond donors (Lipinski definition) is 2. The molecule has 0 unspecified atom stereocenters. The lowest BCUT2D eigenvalue weighted by atomic mass is 9.96. The highest BCUT2D eigenvalue weighted by Crippen LogP contribution is 2.22. The molecule has 0 radical (unpaired) electrons. The van der Waals surface area contributed by atoms with Gasteiger partial charge in [0.1, 0.15) is 0 Å². The van der Waals surface area contributed by atoms with Gasteiger partial charge in [-0.15, -0.1) is 0 Å². The molecule has 1 aliphatic rings.